The molecule has 0 aromatic carbocycles. The number of nitrogens with two attached hydrogens (primary N) is 1. The fourth-order valence-electron chi connectivity index (χ4n) is 2.35. The van der Waals surface area contributed by atoms with Crippen molar-refractivity contribution in [1.82, 2.24) is 0 Å². The molecule has 0 unspecified atom stereocenters. The van der Waals surface area contributed by atoms with Crippen molar-refractivity contribution in [1.29, 1.82) is 0 Å². The van der Waals surface area contributed by atoms with Crippen LogP contribution >= 0.6 is 0 Å². The number of rotatable bonds is 7. The van der Waals surface area contributed by atoms with E-state index in [-0.39, 0.29) is 4.92 Å². The second-order valence-electron chi connectivity index (χ2n) is 6.26. The molecule has 0 saturated carbocycles. The molecule has 1 amide bonds. The van der Waals surface area contributed by atoms with Crippen molar-refractivity contribution < 1.29 is 14.5 Å². The van der Waals surface area contributed by atoms with Crippen molar-refractivity contribution in [3.63, 3.8) is 0 Å². The van der Waals surface area contributed by atoms with E-state index in [9.17, 15) is 14.9 Å². The lowest BCUT2D eigenvalue weighted by atomic mass is 9.85. The first-order valence-corrected chi connectivity index (χ1v) is 7.67. The van der Waals surface area contributed by atoms with E-state index in [1.165, 1.54) is 0 Å². The molecule has 0 atom stereocenters. The van der Waals surface area contributed by atoms with Crippen LogP contribution in [0, 0.1) is 10.1 Å². The van der Waals surface area contributed by atoms with Gasteiger partial charge in [-0.2, -0.15) is 0 Å². The maximum Gasteiger partial charge on any atom is 0.405 e. The molecule has 6 nitrogen and oxygen atoms in total. The molecule has 0 spiro atoms. The zero-order valence-electron chi connectivity index (χ0n) is 14.4. The van der Waals surface area contributed by atoms with Gasteiger partial charge in [0.05, 0.1) is 0 Å². The number of nitrogens with zero attached hydrogens (tertiary/aromatic N) is 1. The van der Waals surface area contributed by atoms with Crippen LogP contribution in [0.15, 0.2) is 0 Å². The van der Waals surface area contributed by atoms with Crippen LogP contribution in [0.5, 0.6) is 0 Å². The second kappa shape index (κ2) is 10.4. The second-order valence-corrected chi connectivity index (χ2v) is 6.26. The van der Waals surface area contributed by atoms with Gasteiger partial charge in [-0.05, 0) is 40.0 Å². The highest BCUT2D eigenvalue weighted by molar-refractivity contribution is 5.65. The third kappa shape index (κ3) is 11.0. The van der Waals surface area contributed by atoms with E-state index in [0.29, 0.717) is 0 Å². The largest absolute Gasteiger partial charge is 0.444 e. The maximum absolute atomic E-state index is 11.0. The van der Waals surface area contributed by atoms with Crippen LogP contribution in [0.2, 0.25) is 0 Å². The first kappa shape index (κ1) is 22.0. The molecule has 0 radical (unpaired) electrons. The third-order valence-electron chi connectivity index (χ3n) is 2.94. The van der Waals surface area contributed by atoms with Crippen molar-refractivity contribution in [3.05, 3.63) is 10.1 Å². The Bertz CT molecular complexity index is 294. The minimum atomic E-state index is -0.725. The first-order valence-electron chi connectivity index (χ1n) is 7.67. The topological polar surface area (TPSA) is 95.5 Å². The summed E-state index contributed by atoms with van der Waals surface area (Å²) in [6.45, 7) is 11.3. The summed E-state index contributed by atoms with van der Waals surface area (Å²) in [5, 5.41) is 11.0. The van der Waals surface area contributed by atoms with Crippen LogP contribution in [-0.4, -0.2) is 22.2 Å². The molecule has 21 heavy (non-hydrogen) atoms. The van der Waals surface area contributed by atoms with E-state index in [2.05, 4.69) is 4.74 Å². The molecule has 0 heterocycles. The summed E-state index contributed by atoms with van der Waals surface area (Å²) < 4.78 is 4.58. The molecule has 0 bridgehead atoms. The SMILES string of the molecule is CC(C)(C)OC(N)=O.CCCC(CCC)(CCC)[N+](=O)[O-]. The van der Waals surface area contributed by atoms with Gasteiger partial charge in [0.2, 0.25) is 5.54 Å². The Morgan fingerprint density at radius 3 is 1.48 bits per heavy atom. The molecule has 0 aliphatic rings. The van der Waals surface area contributed by atoms with Gasteiger partial charge in [-0.15, -0.1) is 0 Å². The zero-order chi connectivity index (χ0) is 17.1. The third-order valence-corrected chi connectivity index (χ3v) is 2.94. The molecule has 2 N–H and O–H groups in total. The molecule has 0 aromatic rings. The minimum absolute atomic E-state index is 0.0521. The number of nitro groups is 1. The molecule has 0 aromatic heterocycles. The molecular formula is C15H32N2O4. The van der Waals surface area contributed by atoms with Gasteiger partial charge in [0.15, 0.2) is 0 Å². The Kier molecular flexibility index (Phi) is 10.9. The fraction of sp³-hybridized carbons (Fsp3) is 0.933. The molecule has 6 heteroatoms. The zero-order valence-corrected chi connectivity index (χ0v) is 14.4. The summed E-state index contributed by atoms with van der Waals surface area (Å²) in [6.07, 6.45) is 4.16. The Morgan fingerprint density at radius 1 is 1.05 bits per heavy atom. The van der Waals surface area contributed by atoms with Crippen LogP contribution in [-0.2, 0) is 4.74 Å². The van der Waals surface area contributed by atoms with Gasteiger partial charge in [0.25, 0.3) is 0 Å². The average molecular weight is 304 g/mol. The van der Waals surface area contributed by atoms with Crippen molar-refractivity contribution in [3.8, 4) is 0 Å². The van der Waals surface area contributed by atoms with E-state index in [1.54, 1.807) is 20.8 Å². The number of hydrogen-bond acceptors (Lipinski definition) is 4. The van der Waals surface area contributed by atoms with Crippen LogP contribution < -0.4 is 5.73 Å². The lowest BCUT2D eigenvalue weighted by Crippen LogP contribution is -2.37. The van der Waals surface area contributed by atoms with E-state index >= 15 is 0 Å². The number of amides is 1. The van der Waals surface area contributed by atoms with Gasteiger partial charge in [0, 0.05) is 24.2 Å². The van der Waals surface area contributed by atoms with Crippen molar-refractivity contribution in [2.45, 2.75) is 91.2 Å². The van der Waals surface area contributed by atoms with Gasteiger partial charge >= 0.3 is 6.09 Å². The summed E-state index contributed by atoms with van der Waals surface area (Å²) in [7, 11) is 0. The Hall–Kier alpha value is -1.33. The smallest absolute Gasteiger partial charge is 0.405 e. The van der Waals surface area contributed by atoms with E-state index in [4.69, 9.17) is 5.73 Å². The summed E-state index contributed by atoms with van der Waals surface area (Å²) >= 11 is 0. The summed E-state index contributed by atoms with van der Waals surface area (Å²) in [5.74, 6) is 0. The molecule has 0 aliphatic heterocycles. The van der Waals surface area contributed by atoms with Gasteiger partial charge < -0.3 is 10.5 Å². The Balaban J connectivity index is 0. The predicted octanol–water partition coefficient (Wildman–Crippen LogP) is 4.28. The molecule has 0 saturated heterocycles. The van der Waals surface area contributed by atoms with Crippen LogP contribution in [0.4, 0.5) is 4.79 Å². The summed E-state index contributed by atoms with van der Waals surface area (Å²) in [5.41, 5.74) is 3.64. The van der Waals surface area contributed by atoms with Crippen molar-refractivity contribution >= 4 is 6.09 Å². The predicted molar refractivity (Wildman–Crippen MR) is 84.9 cm³/mol. The monoisotopic (exact) mass is 304 g/mol. The summed E-state index contributed by atoms with van der Waals surface area (Å²) in [4.78, 5) is 21.0. The molecule has 0 fully saturated rings. The van der Waals surface area contributed by atoms with E-state index in [1.807, 2.05) is 20.8 Å². The highest BCUT2D eigenvalue weighted by Crippen LogP contribution is 2.28. The molecule has 126 valence electrons. The maximum atomic E-state index is 11.0. The van der Waals surface area contributed by atoms with Gasteiger partial charge in [-0.25, -0.2) is 4.79 Å². The fourth-order valence-corrected chi connectivity index (χ4v) is 2.35. The Morgan fingerprint density at radius 2 is 1.38 bits per heavy atom. The number of ether oxygens (including phenoxy) is 1. The van der Waals surface area contributed by atoms with Gasteiger partial charge in [0.1, 0.15) is 5.60 Å². The summed E-state index contributed by atoms with van der Waals surface area (Å²) in [6, 6.07) is 0. The van der Waals surface area contributed by atoms with E-state index in [0.717, 1.165) is 38.5 Å². The number of primary amides is 1. The van der Waals surface area contributed by atoms with Gasteiger partial charge in [-0.1, -0.05) is 20.8 Å². The normalized spacial score (nSPS) is 11.3. The quantitative estimate of drug-likeness (QED) is 0.560. The van der Waals surface area contributed by atoms with Crippen molar-refractivity contribution in [2.24, 2.45) is 5.73 Å². The van der Waals surface area contributed by atoms with Crippen LogP contribution in [0.1, 0.15) is 80.1 Å². The van der Waals surface area contributed by atoms with E-state index < -0.39 is 17.2 Å². The standard InChI is InChI=1S/C10H21NO2.C5H11NO2/c1-4-7-10(8-5-2,9-6-3)11(12)13;1-5(2,3)8-4(6)7/h4-9H2,1-3H3;1-3H3,(H2,6,7). The Labute approximate surface area is 128 Å². The van der Waals surface area contributed by atoms with Crippen molar-refractivity contribution in [2.75, 3.05) is 0 Å². The highest BCUT2D eigenvalue weighted by Gasteiger charge is 2.39. The molecular weight excluding hydrogens is 272 g/mol. The van der Waals surface area contributed by atoms with Crippen LogP contribution in [0.3, 0.4) is 0 Å². The average Bonchev–Trinajstić information content (AvgIpc) is 2.26. The lowest BCUT2D eigenvalue weighted by Gasteiger charge is -2.23. The van der Waals surface area contributed by atoms with Crippen LogP contribution in [0.25, 0.3) is 0 Å². The minimum Gasteiger partial charge on any atom is -0.444 e. The van der Waals surface area contributed by atoms with Gasteiger partial charge in [-0.3, -0.25) is 10.1 Å². The number of carbonyl (C=O) groups excluding carboxylic acids is 1. The molecule has 0 rings (SSSR count). The lowest BCUT2D eigenvalue weighted by molar-refractivity contribution is -0.574. The number of hydrogen-bond donors (Lipinski definition) is 1. The first-order chi connectivity index (χ1) is 9.54. The highest BCUT2D eigenvalue weighted by atomic mass is 16.6. The number of carbonyl (C=O) groups is 1. The molecule has 0 aliphatic carbocycles.